The number of aryl methyl sites for hydroxylation is 1. The van der Waals surface area contributed by atoms with Gasteiger partial charge >= 0.3 is 5.97 Å². The number of carbonyl (C=O) groups is 2. The number of carboxylic acid groups (broad SMARTS) is 1. The number of ether oxygens (including phenoxy) is 1. The Kier molecular flexibility index (Phi) is 8.17. The minimum absolute atomic E-state index is 0.157. The number of hydrogen-bond acceptors (Lipinski definition) is 4. The molecule has 0 aromatic heterocycles. The van der Waals surface area contributed by atoms with Crippen molar-refractivity contribution in [3.63, 3.8) is 0 Å². The average molecular weight is 439 g/mol. The summed E-state index contributed by atoms with van der Waals surface area (Å²) in [5.41, 5.74) is 3.22. The van der Waals surface area contributed by atoms with Crippen LogP contribution < -0.4 is 15.4 Å². The maximum atomic E-state index is 12.0. The van der Waals surface area contributed by atoms with E-state index in [1.165, 1.54) is 12.1 Å². The highest BCUT2D eigenvalue weighted by Crippen LogP contribution is 2.35. The minimum Gasteiger partial charge on any atom is -0.486 e. The fourth-order valence-corrected chi connectivity index (χ4v) is 3.25. The maximum absolute atomic E-state index is 12.0. The van der Waals surface area contributed by atoms with Gasteiger partial charge in [0, 0.05) is 17.3 Å². The molecule has 8 heteroatoms. The third kappa shape index (κ3) is 6.84. The van der Waals surface area contributed by atoms with Crippen molar-refractivity contribution < 1.29 is 19.4 Å². The Balaban J connectivity index is 2.13. The number of amides is 1. The van der Waals surface area contributed by atoms with Crippen LogP contribution in [0.4, 0.5) is 5.69 Å². The molecule has 0 heterocycles. The molecule has 0 bridgehead atoms. The summed E-state index contributed by atoms with van der Waals surface area (Å²) in [6.45, 7) is 6.00. The second-order valence-electron chi connectivity index (χ2n) is 6.80. The second kappa shape index (κ2) is 10.4. The summed E-state index contributed by atoms with van der Waals surface area (Å²) in [6, 6.07) is 9.24. The molecule has 1 amide bonds. The molecule has 0 saturated carbocycles. The normalized spacial score (nSPS) is 11.6. The van der Waals surface area contributed by atoms with Gasteiger partial charge in [0.05, 0.1) is 10.0 Å². The van der Waals surface area contributed by atoms with Crippen molar-refractivity contribution in [2.45, 2.75) is 39.8 Å². The zero-order valence-corrected chi connectivity index (χ0v) is 18.0. The molecular weight excluding hydrogens is 415 g/mol. The van der Waals surface area contributed by atoms with E-state index in [1.54, 1.807) is 0 Å². The highest BCUT2D eigenvalue weighted by molar-refractivity contribution is 6.37. The number of carboxylic acids is 1. The first kappa shape index (κ1) is 22.8. The fraction of sp³-hybridized carbons (Fsp3) is 0.333. The van der Waals surface area contributed by atoms with E-state index >= 15 is 0 Å². The summed E-state index contributed by atoms with van der Waals surface area (Å²) in [7, 11) is 0. The van der Waals surface area contributed by atoms with Crippen LogP contribution in [0.5, 0.6) is 5.75 Å². The monoisotopic (exact) mass is 438 g/mol. The molecule has 1 unspecified atom stereocenters. The smallest absolute Gasteiger partial charge is 0.322 e. The Hall–Kier alpha value is -2.44. The molecular formula is C21H24Cl2N2O4. The lowest BCUT2D eigenvalue weighted by Crippen LogP contribution is -2.29. The number of aliphatic carboxylic acids is 1. The first-order valence-electron chi connectivity index (χ1n) is 9.18. The van der Waals surface area contributed by atoms with Crippen molar-refractivity contribution >= 4 is 40.8 Å². The van der Waals surface area contributed by atoms with Crippen molar-refractivity contribution in [1.82, 2.24) is 5.32 Å². The van der Waals surface area contributed by atoms with Crippen molar-refractivity contribution in [2.24, 2.45) is 0 Å². The second-order valence-corrected chi connectivity index (χ2v) is 7.61. The highest BCUT2D eigenvalue weighted by Gasteiger charge is 2.15. The van der Waals surface area contributed by atoms with Gasteiger partial charge in [-0.2, -0.15) is 0 Å². The SMILES string of the molecule is CCC(C)Nc1cc(C)cc(COc2c(Cl)cc(C(=O)NCC(=O)O)cc2Cl)c1. The number of rotatable bonds is 9. The Bertz CT molecular complexity index is 879. The third-order valence-corrected chi connectivity index (χ3v) is 4.77. The molecule has 2 aromatic rings. The molecule has 29 heavy (non-hydrogen) atoms. The average Bonchev–Trinajstić information content (AvgIpc) is 2.64. The van der Waals surface area contributed by atoms with Crippen LogP contribution in [0.3, 0.4) is 0 Å². The third-order valence-electron chi connectivity index (χ3n) is 4.21. The number of anilines is 1. The lowest BCUT2D eigenvalue weighted by atomic mass is 10.1. The first-order chi connectivity index (χ1) is 13.7. The molecule has 2 rings (SSSR count). The predicted molar refractivity (Wildman–Crippen MR) is 115 cm³/mol. The quantitative estimate of drug-likeness (QED) is 0.517. The van der Waals surface area contributed by atoms with Gasteiger partial charge in [-0.25, -0.2) is 0 Å². The number of nitrogens with one attached hydrogen (secondary N) is 2. The summed E-state index contributed by atoms with van der Waals surface area (Å²) in [4.78, 5) is 22.6. The summed E-state index contributed by atoms with van der Waals surface area (Å²) in [5.74, 6) is -1.46. The topological polar surface area (TPSA) is 87.7 Å². The van der Waals surface area contributed by atoms with Crippen LogP contribution in [0, 0.1) is 6.92 Å². The lowest BCUT2D eigenvalue weighted by Gasteiger charge is -2.16. The van der Waals surface area contributed by atoms with Crippen LogP contribution in [-0.4, -0.2) is 29.6 Å². The Morgan fingerprint density at radius 3 is 2.38 bits per heavy atom. The van der Waals surface area contributed by atoms with Gasteiger partial charge < -0.3 is 20.5 Å². The van der Waals surface area contributed by atoms with Crippen molar-refractivity contribution in [2.75, 3.05) is 11.9 Å². The fourth-order valence-electron chi connectivity index (χ4n) is 2.66. The largest absolute Gasteiger partial charge is 0.486 e. The van der Waals surface area contributed by atoms with Gasteiger partial charge in [-0.15, -0.1) is 0 Å². The van der Waals surface area contributed by atoms with E-state index < -0.39 is 18.4 Å². The van der Waals surface area contributed by atoms with E-state index in [9.17, 15) is 9.59 Å². The predicted octanol–water partition coefficient (Wildman–Crippen LogP) is 4.91. The molecule has 0 radical (unpaired) electrons. The minimum atomic E-state index is -1.14. The van der Waals surface area contributed by atoms with Gasteiger partial charge in [0.25, 0.3) is 5.91 Å². The standard InChI is InChI=1S/C21H24Cl2N2O4/c1-4-13(3)25-16-6-12(2)5-14(7-16)11-29-20-17(22)8-15(9-18(20)23)21(28)24-10-19(26)27/h5-9,13,25H,4,10-11H2,1-3H3,(H,24,28)(H,26,27). The molecule has 6 nitrogen and oxygen atoms in total. The van der Waals surface area contributed by atoms with Gasteiger partial charge in [0.1, 0.15) is 13.2 Å². The van der Waals surface area contributed by atoms with Crippen LogP contribution in [0.25, 0.3) is 0 Å². The zero-order chi connectivity index (χ0) is 21.6. The molecule has 0 aliphatic rings. The molecule has 0 aliphatic heterocycles. The summed E-state index contributed by atoms with van der Waals surface area (Å²) in [5, 5.41) is 14.7. The molecule has 0 fully saturated rings. The van der Waals surface area contributed by atoms with Crippen LogP contribution in [-0.2, 0) is 11.4 Å². The Morgan fingerprint density at radius 2 is 1.79 bits per heavy atom. The van der Waals surface area contributed by atoms with Crippen molar-refractivity contribution in [3.05, 3.63) is 57.1 Å². The maximum Gasteiger partial charge on any atom is 0.322 e. The molecule has 0 spiro atoms. The van der Waals surface area contributed by atoms with Crippen LogP contribution in [0.1, 0.15) is 41.8 Å². The summed E-state index contributed by atoms with van der Waals surface area (Å²) >= 11 is 12.5. The zero-order valence-electron chi connectivity index (χ0n) is 16.5. The van der Waals surface area contributed by atoms with Gasteiger partial charge in [-0.1, -0.05) is 36.2 Å². The Morgan fingerprint density at radius 1 is 1.14 bits per heavy atom. The molecule has 2 aromatic carbocycles. The van der Waals surface area contributed by atoms with Crippen molar-refractivity contribution in [1.29, 1.82) is 0 Å². The molecule has 0 saturated heterocycles. The van der Waals surface area contributed by atoms with Gasteiger partial charge in [0.15, 0.2) is 5.75 Å². The van der Waals surface area contributed by atoms with Crippen molar-refractivity contribution in [3.8, 4) is 5.75 Å². The number of benzene rings is 2. The number of halogens is 2. The van der Waals surface area contributed by atoms with Gasteiger partial charge in [-0.3, -0.25) is 9.59 Å². The van der Waals surface area contributed by atoms with E-state index in [4.69, 9.17) is 33.0 Å². The van der Waals surface area contributed by atoms with Gasteiger partial charge in [-0.05, 0) is 55.7 Å². The first-order valence-corrected chi connectivity index (χ1v) is 9.94. The number of hydrogen-bond donors (Lipinski definition) is 3. The highest BCUT2D eigenvalue weighted by atomic mass is 35.5. The summed E-state index contributed by atoms with van der Waals surface area (Å²) < 4.78 is 5.81. The molecule has 156 valence electrons. The summed E-state index contributed by atoms with van der Waals surface area (Å²) in [6.07, 6.45) is 1.01. The molecule has 3 N–H and O–H groups in total. The molecule has 0 aliphatic carbocycles. The van der Waals surface area contributed by atoms with E-state index in [-0.39, 0.29) is 28.0 Å². The van der Waals surface area contributed by atoms with Crippen LogP contribution >= 0.6 is 23.2 Å². The lowest BCUT2D eigenvalue weighted by molar-refractivity contribution is -0.135. The Labute approximate surface area is 180 Å². The van der Waals surface area contributed by atoms with E-state index in [2.05, 4.69) is 30.5 Å². The van der Waals surface area contributed by atoms with E-state index in [1.807, 2.05) is 19.1 Å². The van der Waals surface area contributed by atoms with Gasteiger partial charge in [0.2, 0.25) is 0 Å². The van der Waals surface area contributed by atoms with E-state index in [0.29, 0.717) is 6.04 Å². The van der Waals surface area contributed by atoms with E-state index in [0.717, 1.165) is 23.2 Å². The van der Waals surface area contributed by atoms with Crippen LogP contribution in [0.15, 0.2) is 30.3 Å². The number of carbonyl (C=O) groups excluding carboxylic acids is 1. The van der Waals surface area contributed by atoms with Crippen LogP contribution in [0.2, 0.25) is 10.0 Å². The molecule has 1 atom stereocenters.